The number of hydrogen-bond donors (Lipinski definition) is 3. The molecule has 5 rings (SSSR count). The van der Waals surface area contributed by atoms with Gasteiger partial charge in [0.25, 0.3) is 5.69 Å². The zero-order chi connectivity index (χ0) is 39.6. The summed E-state index contributed by atoms with van der Waals surface area (Å²) < 4.78 is 23.3. The third-order valence-electron chi connectivity index (χ3n) is 10.1. The number of ether oxygens (including phenoxy) is 4. The van der Waals surface area contributed by atoms with Crippen LogP contribution in [0.4, 0.5) is 11.4 Å². The number of non-ortho nitro benzene ring substituents is 1. The van der Waals surface area contributed by atoms with E-state index in [1.807, 2.05) is 29.2 Å². The van der Waals surface area contributed by atoms with Crippen LogP contribution < -0.4 is 24.4 Å². The first kappa shape index (κ1) is 40.4. The fourth-order valence-electron chi connectivity index (χ4n) is 7.40. The van der Waals surface area contributed by atoms with Crippen LogP contribution in [-0.4, -0.2) is 53.9 Å². The van der Waals surface area contributed by atoms with Crippen molar-refractivity contribution in [3.8, 4) is 28.7 Å². The molecule has 13 nitrogen and oxygen atoms in total. The molecule has 0 aromatic heterocycles. The van der Waals surface area contributed by atoms with Crippen molar-refractivity contribution in [2.45, 2.75) is 65.8 Å². The minimum atomic E-state index is -1.40. The molecular weight excluding hydrogens is 706 g/mol. The van der Waals surface area contributed by atoms with E-state index in [1.165, 1.54) is 32.8 Å². The van der Waals surface area contributed by atoms with Crippen molar-refractivity contribution in [2.24, 2.45) is 17.8 Å². The van der Waals surface area contributed by atoms with Gasteiger partial charge in [-0.05, 0) is 60.1 Å². The van der Waals surface area contributed by atoms with Crippen molar-refractivity contribution >= 4 is 23.3 Å². The van der Waals surface area contributed by atoms with E-state index in [0.717, 1.165) is 30.2 Å². The molecule has 292 valence electrons. The molecule has 3 atom stereocenters. The molecule has 3 unspecified atom stereocenters. The number of carbonyl (C=O) groups excluding carboxylic acids is 1. The highest BCUT2D eigenvalue weighted by molar-refractivity contribution is 5.92. The summed E-state index contributed by atoms with van der Waals surface area (Å²) in [5.41, 5.74) is 2.04. The van der Waals surface area contributed by atoms with Gasteiger partial charge in [0.05, 0.1) is 25.2 Å². The third kappa shape index (κ3) is 10.0. The molecule has 0 aliphatic heterocycles. The number of aromatic hydroxyl groups is 1. The largest absolute Gasteiger partial charge is 0.504 e. The number of carboxylic acids is 1. The van der Waals surface area contributed by atoms with E-state index < -0.39 is 10.9 Å². The number of carboxylic acid groups (broad SMARTS) is 1. The van der Waals surface area contributed by atoms with Gasteiger partial charge in [-0.2, -0.15) is 0 Å². The lowest BCUT2D eigenvalue weighted by Gasteiger charge is -2.38. The lowest BCUT2D eigenvalue weighted by molar-refractivity contribution is -0.384. The van der Waals surface area contributed by atoms with Crippen LogP contribution in [-0.2, 0) is 29.2 Å². The number of carbonyl (C=O) groups is 2. The highest BCUT2D eigenvalue weighted by atomic mass is 16.6. The second-order valence-corrected chi connectivity index (χ2v) is 14.1. The van der Waals surface area contributed by atoms with Crippen LogP contribution >= 0.6 is 0 Å². The smallest absolute Gasteiger partial charge is 0.339 e. The Bertz CT molecular complexity index is 1970. The normalized spacial score (nSPS) is 16.7. The minimum absolute atomic E-state index is 0.00920. The summed E-state index contributed by atoms with van der Waals surface area (Å²) in [7, 11) is 2.93. The van der Waals surface area contributed by atoms with Crippen molar-refractivity contribution in [3.05, 3.63) is 111 Å². The number of nitro groups is 1. The maximum atomic E-state index is 12.8. The zero-order valence-corrected chi connectivity index (χ0v) is 31.8. The van der Waals surface area contributed by atoms with Gasteiger partial charge in [-0.15, -0.1) is 0 Å². The maximum Gasteiger partial charge on any atom is 0.339 e. The minimum Gasteiger partial charge on any atom is -0.504 e. The number of benzene rings is 4. The number of aromatic carboxylic acids is 1. The number of nitrogens with one attached hydrogen (secondary N) is 1. The van der Waals surface area contributed by atoms with Crippen LogP contribution in [0.15, 0.2) is 78.9 Å². The number of rotatable bonds is 17. The van der Waals surface area contributed by atoms with Crippen molar-refractivity contribution in [1.82, 2.24) is 5.32 Å². The van der Waals surface area contributed by atoms with E-state index in [2.05, 4.69) is 26.1 Å². The number of anilines is 1. The molecule has 0 bridgehead atoms. The second kappa shape index (κ2) is 18.5. The van der Waals surface area contributed by atoms with Gasteiger partial charge < -0.3 is 39.4 Å². The van der Waals surface area contributed by atoms with Crippen molar-refractivity contribution in [1.29, 1.82) is 0 Å². The average Bonchev–Trinajstić information content (AvgIpc) is 3.17. The highest BCUT2D eigenvalue weighted by Gasteiger charge is 2.34. The van der Waals surface area contributed by atoms with E-state index in [4.69, 9.17) is 18.9 Å². The predicted octanol–water partition coefficient (Wildman–Crippen LogP) is 8.11. The summed E-state index contributed by atoms with van der Waals surface area (Å²) in [6.45, 7) is 7.45. The first-order chi connectivity index (χ1) is 26.4. The molecular formula is C42H49N3O10. The predicted molar refractivity (Wildman–Crippen MR) is 207 cm³/mol. The summed E-state index contributed by atoms with van der Waals surface area (Å²) >= 11 is 0. The number of nitrogens with zero attached hydrogens (tertiary/aromatic N) is 2. The first-order valence-electron chi connectivity index (χ1n) is 18.3. The Labute approximate surface area is 320 Å². The summed E-state index contributed by atoms with van der Waals surface area (Å²) in [6.07, 6.45) is 3.34. The fourth-order valence-corrected chi connectivity index (χ4v) is 7.40. The summed E-state index contributed by atoms with van der Waals surface area (Å²) in [5.74, 6) is 0.623. The molecule has 55 heavy (non-hydrogen) atoms. The van der Waals surface area contributed by atoms with E-state index in [-0.39, 0.29) is 60.2 Å². The molecule has 4 aromatic rings. The highest BCUT2D eigenvalue weighted by Crippen LogP contribution is 2.40. The van der Waals surface area contributed by atoms with Gasteiger partial charge >= 0.3 is 5.97 Å². The van der Waals surface area contributed by atoms with Crippen molar-refractivity contribution < 1.29 is 43.7 Å². The van der Waals surface area contributed by atoms with Gasteiger partial charge in [0, 0.05) is 48.6 Å². The Morgan fingerprint density at radius 2 is 1.60 bits per heavy atom. The molecule has 1 aliphatic carbocycles. The lowest BCUT2D eigenvalue weighted by atomic mass is 9.72. The molecule has 0 spiro atoms. The molecule has 3 N–H and O–H groups in total. The molecule has 1 aliphatic rings. The maximum absolute atomic E-state index is 12.8. The lowest BCUT2D eigenvalue weighted by Crippen LogP contribution is -2.39. The Balaban J connectivity index is 1.38. The number of hydrogen-bond acceptors (Lipinski definition) is 10. The monoisotopic (exact) mass is 755 g/mol. The number of amides is 1. The van der Waals surface area contributed by atoms with E-state index in [9.17, 15) is 29.9 Å². The van der Waals surface area contributed by atoms with Crippen LogP contribution in [0.5, 0.6) is 28.7 Å². The van der Waals surface area contributed by atoms with E-state index >= 15 is 0 Å². The molecule has 0 heterocycles. The van der Waals surface area contributed by atoms with Crippen LogP contribution in [0.2, 0.25) is 0 Å². The SMILES string of the molecule is COc1cccc(CN(Cc2cccc(OC)c2Oc2ccc([N+](=O)[O-])cc2C(=O)O)c2ccc(CNC(=O)COC3CCCC(C)C3C(C)C)cc2)c1O. The Morgan fingerprint density at radius 1 is 0.927 bits per heavy atom. The average molecular weight is 756 g/mol. The van der Waals surface area contributed by atoms with E-state index in [1.54, 1.807) is 36.4 Å². The molecule has 13 heteroatoms. The standard InChI is InChI=1S/C42H49N3O10/c1-26(2)39-27(3)9-6-12-35(39)54-25-38(46)43-22-28-15-17-31(18-16-28)44(23-29-10-7-13-36(52-4)40(29)47)24-30-11-8-14-37(53-5)41(30)55-34-20-19-32(45(50)51)21-33(34)42(48)49/h7-8,10-11,13-21,26-27,35,39,47H,6,9,12,22-25H2,1-5H3,(H,43,46)(H,48,49). The van der Waals surface area contributed by atoms with Crippen LogP contribution in [0.1, 0.15) is 67.1 Å². The summed E-state index contributed by atoms with van der Waals surface area (Å²) in [6, 6.07) is 21.4. The number of phenols is 1. The van der Waals surface area contributed by atoms with Crippen LogP contribution in [0, 0.1) is 27.9 Å². The van der Waals surface area contributed by atoms with Gasteiger partial charge in [0.15, 0.2) is 23.0 Å². The zero-order valence-electron chi connectivity index (χ0n) is 31.8. The molecule has 1 amide bonds. The number of phenolic OH excluding ortho intramolecular Hbond substituents is 1. The number of nitro benzene ring substituents is 1. The summed E-state index contributed by atoms with van der Waals surface area (Å²) in [5, 5.41) is 35.2. The van der Waals surface area contributed by atoms with Gasteiger partial charge in [-0.1, -0.05) is 70.0 Å². The molecule has 1 fully saturated rings. The first-order valence-corrected chi connectivity index (χ1v) is 18.3. The third-order valence-corrected chi connectivity index (χ3v) is 10.1. The van der Waals surface area contributed by atoms with Gasteiger partial charge in [0.1, 0.15) is 17.9 Å². The molecule has 0 saturated heterocycles. The van der Waals surface area contributed by atoms with Crippen LogP contribution in [0.3, 0.4) is 0 Å². The van der Waals surface area contributed by atoms with Gasteiger partial charge in [-0.25, -0.2) is 4.79 Å². The number of methoxy groups -OCH3 is 2. The summed E-state index contributed by atoms with van der Waals surface area (Å²) in [4.78, 5) is 37.6. The fraction of sp³-hybridized carbons (Fsp3) is 0.381. The molecule has 1 saturated carbocycles. The second-order valence-electron chi connectivity index (χ2n) is 14.1. The van der Waals surface area contributed by atoms with Crippen LogP contribution in [0.25, 0.3) is 0 Å². The quantitative estimate of drug-likeness (QED) is 0.0703. The number of para-hydroxylation sites is 2. The van der Waals surface area contributed by atoms with Gasteiger partial charge in [0.2, 0.25) is 5.91 Å². The van der Waals surface area contributed by atoms with Gasteiger partial charge in [-0.3, -0.25) is 14.9 Å². The Kier molecular flexibility index (Phi) is 13.6. The Hall–Kier alpha value is -5.82. The topological polar surface area (TPSA) is 170 Å². The van der Waals surface area contributed by atoms with Crippen molar-refractivity contribution in [2.75, 3.05) is 25.7 Å². The molecule has 0 radical (unpaired) electrons. The Morgan fingerprint density at radius 3 is 2.25 bits per heavy atom. The van der Waals surface area contributed by atoms with E-state index in [0.29, 0.717) is 46.9 Å². The van der Waals surface area contributed by atoms with Crippen molar-refractivity contribution in [3.63, 3.8) is 0 Å². The molecule has 4 aromatic carbocycles.